The van der Waals surface area contributed by atoms with Crippen molar-refractivity contribution in [3.63, 3.8) is 0 Å². The summed E-state index contributed by atoms with van der Waals surface area (Å²) >= 11 is 0. The molecule has 188 valence electrons. The second kappa shape index (κ2) is 12.0. The van der Waals surface area contributed by atoms with Gasteiger partial charge in [0, 0.05) is 29.9 Å². The second-order valence-electron chi connectivity index (χ2n) is 8.83. The lowest BCUT2D eigenvalue weighted by atomic mass is 9.99. The predicted molar refractivity (Wildman–Crippen MR) is 141 cm³/mol. The number of anilines is 2. The highest BCUT2D eigenvalue weighted by molar-refractivity contribution is 6.08. The number of amides is 2. The molecule has 7 nitrogen and oxygen atoms in total. The minimum absolute atomic E-state index is 0.0294. The monoisotopic (exact) mass is 495 g/mol. The van der Waals surface area contributed by atoms with E-state index in [0.29, 0.717) is 36.2 Å². The number of carbonyl (C=O) groups is 3. The van der Waals surface area contributed by atoms with E-state index in [4.69, 9.17) is 10.00 Å². The molecule has 2 amide bonds. The first-order valence-electron chi connectivity index (χ1n) is 12.4. The van der Waals surface area contributed by atoms with Crippen molar-refractivity contribution in [1.82, 2.24) is 0 Å². The maximum absolute atomic E-state index is 13.3. The number of fused-ring (bicyclic) bond motifs is 1. The molecule has 0 unspecified atom stereocenters. The molecule has 0 saturated carbocycles. The van der Waals surface area contributed by atoms with Crippen LogP contribution in [0.3, 0.4) is 0 Å². The minimum atomic E-state index is -0.482. The molecule has 4 rings (SSSR count). The highest BCUT2D eigenvalue weighted by atomic mass is 16.5. The lowest BCUT2D eigenvalue weighted by Crippen LogP contribution is -2.38. The van der Waals surface area contributed by atoms with Crippen molar-refractivity contribution in [3.05, 3.63) is 95.1 Å². The summed E-state index contributed by atoms with van der Waals surface area (Å²) in [6.45, 7) is 2.39. The molecule has 37 heavy (non-hydrogen) atoms. The van der Waals surface area contributed by atoms with Gasteiger partial charge in [0.1, 0.15) is 6.54 Å². The first-order valence-corrected chi connectivity index (χ1v) is 12.4. The van der Waals surface area contributed by atoms with Crippen molar-refractivity contribution in [1.29, 1.82) is 5.26 Å². The van der Waals surface area contributed by atoms with Crippen LogP contribution in [0, 0.1) is 11.3 Å². The van der Waals surface area contributed by atoms with Crippen LogP contribution >= 0.6 is 0 Å². The van der Waals surface area contributed by atoms with Crippen LogP contribution in [0.4, 0.5) is 11.4 Å². The van der Waals surface area contributed by atoms with E-state index < -0.39 is 5.97 Å². The average molecular weight is 496 g/mol. The molecule has 0 radical (unpaired) electrons. The van der Waals surface area contributed by atoms with Crippen molar-refractivity contribution in [3.8, 4) is 6.07 Å². The first-order chi connectivity index (χ1) is 18.0. The van der Waals surface area contributed by atoms with Crippen LogP contribution in [0.25, 0.3) is 0 Å². The Morgan fingerprint density at radius 3 is 2.49 bits per heavy atom. The number of ether oxygens (including phenoxy) is 1. The fourth-order valence-corrected chi connectivity index (χ4v) is 4.50. The first kappa shape index (κ1) is 25.6. The van der Waals surface area contributed by atoms with Crippen LogP contribution in [-0.4, -0.2) is 37.5 Å². The summed E-state index contributed by atoms with van der Waals surface area (Å²) in [6.07, 6.45) is 2.53. The molecule has 1 aliphatic heterocycles. The molecule has 0 spiro atoms. The Hall–Kier alpha value is -4.44. The van der Waals surface area contributed by atoms with Gasteiger partial charge in [0.05, 0.1) is 18.2 Å². The number of carbonyl (C=O) groups excluding carboxylic acids is 3. The van der Waals surface area contributed by atoms with E-state index in [1.807, 2.05) is 30.3 Å². The Bertz CT molecular complexity index is 1310. The summed E-state index contributed by atoms with van der Waals surface area (Å²) in [5.41, 5.74) is 4.47. The fourth-order valence-electron chi connectivity index (χ4n) is 4.50. The Balaban J connectivity index is 1.54. The van der Waals surface area contributed by atoms with E-state index in [9.17, 15) is 14.4 Å². The molecule has 0 aromatic heterocycles. The van der Waals surface area contributed by atoms with Gasteiger partial charge in [-0.05, 0) is 79.8 Å². The van der Waals surface area contributed by atoms with Gasteiger partial charge in [0.15, 0.2) is 0 Å². The number of nitriles is 1. The third-order valence-electron chi connectivity index (χ3n) is 6.36. The van der Waals surface area contributed by atoms with Crippen molar-refractivity contribution in [2.75, 3.05) is 29.5 Å². The number of hydrogen-bond donors (Lipinski definition) is 0. The molecule has 7 heteroatoms. The van der Waals surface area contributed by atoms with Crippen LogP contribution < -0.4 is 9.80 Å². The molecule has 0 aliphatic carbocycles. The lowest BCUT2D eigenvalue weighted by Gasteiger charge is -2.31. The van der Waals surface area contributed by atoms with Gasteiger partial charge >= 0.3 is 5.97 Å². The molecule has 1 heterocycles. The quantitative estimate of drug-likeness (QED) is 0.423. The third kappa shape index (κ3) is 6.22. The predicted octanol–water partition coefficient (Wildman–Crippen LogP) is 4.68. The van der Waals surface area contributed by atoms with E-state index in [-0.39, 0.29) is 25.0 Å². The van der Waals surface area contributed by atoms with Crippen LogP contribution in [0.1, 0.15) is 46.8 Å². The van der Waals surface area contributed by atoms with Gasteiger partial charge < -0.3 is 9.64 Å². The Morgan fingerprint density at radius 1 is 1.03 bits per heavy atom. The molecule has 3 aromatic carbocycles. The van der Waals surface area contributed by atoms with E-state index in [1.165, 1.54) is 4.90 Å². The van der Waals surface area contributed by atoms with Crippen molar-refractivity contribution in [2.24, 2.45) is 0 Å². The van der Waals surface area contributed by atoms with Crippen LogP contribution in [0.15, 0.2) is 72.8 Å². The summed E-state index contributed by atoms with van der Waals surface area (Å²) in [6, 6.07) is 23.7. The molecule has 0 N–H and O–H groups in total. The molecular weight excluding hydrogens is 466 g/mol. The molecule has 0 fully saturated rings. The van der Waals surface area contributed by atoms with Crippen LogP contribution in [0.2, 0.25) is 0 Å². The smallest absolute Gasteiger partial charge is 0.326 e. The molecule has 3 aromatic rings. The topological polar surface area (TPSA) is 90.7 Å². The minimum Gasteiger partial charge on any atom is -0.465 e. The number of aryl methyl sites for hydroxylation is 2. The van der Waals surface area contributed by atoms with Gasteiger partial charge in [-0.25, -0.2) is 0 Å². The summed E-state index contributed by atoms with van der Waals surface area (Å²) in [5, 5.41) is 8.96. The van der Waals surface area contributed by atoms with Gasteiger partial charge in [-0.1, -0.05) is 30.3 Å². The zero-order valence-corrected chi connectivity index (χ0v) is 20.9. The highest BCUT2D eigenvalue weighted by Gasteiger charge is 2.26. The Kier molecular flexibility index (Phi) is 8.32. The van der Waals surface area contributed by atoms with Crippen molar-refractivity contribution >= 4 is 29.2 Å². The zero-order valence-electron chi connectivity index (χ0n) is 20.9. The Labute approximate surface area is 216 Å². The lowest BCUT2D eigenvalue weighted by molar-refractivity contribution is -0.141. The Morgan fingerprint density at radius 2 is 1.78 bits per heavy atom. The SMILES string of the molecule is CCOC(=O)CN(C(=O)c1ccccc1)c1ccc2c(c1)CCCN2C(=O)CCc1ccc(C#N)cc1. The van der Waals surface area contributed by atoms with E-state index >= 15 is 0 Å². The zero-order chi connectivity index (χ0) is 26.2. The van der Waals surface area contributed by atoms with Crippen molar-refractivity contribution < 1.29 is 19.1 Å². The number of hydrogen-bond acceptors (Lipinski definition) is 5. The van der Waals surface area contributed by atoms with E-state index in [1.54, 1.807) is 54.3 Å². The van der Waals surface area contributed by atoms with Gasteiger partial charge in [-0.2, -0.15) is 5.26 Å². The number of nitrogens with zero attached hydrogens (tertiary/aromatic N) is 3. The maximum Gasteiger partial charge on any atom is 0.326 e. The average Bonchev–Trinajstić information content (AvgIpc) is 2.94. The van der Waals surface area contributed by atoms with Crippen molar-refractivity contribution in [2.45, 2.75) is 32.6 Å². The van der Waals surface area contributed by atoms with Gasteiger partial charge in [0.2, 0.25) is 5.91 Å². The maximum atomic E-state index is 13.3. The summed E-state index contributed by atoms with van der Waals surface area (Å²) in [5.74, 6) is -0.745. The summed E-state index contributed by atoms with van der Waals surface area (Å²) in [4.78, 5) is 42.0. The number of rotatable bonds is 8. The standard InChI is InChI=1S/C30H29N3O4/c1-2-37-29(35)21-33(30(36)24-7-4-3-5-8-24)26-15-16-27-25(19-26)9-6-18-32(27)28(34)17-14-22-10-12-23(20-31)13-11-22/h3-5,7-8,10-13,15-16,19H,2,6,9,14,17-18,21H2,1H3. The van der Waals surface area contributed by atoms with Crippen LogP contribution in [-0.2, 0) is 27.2 Å². The number of esters is 1. The summed E-state index contributed by atoms with van der Waals surface area (Å²) < 4.78 is 5.12. The van der Waals surface area contributed by atoms with Crippen LogP contribution in [0.5, 0.6) is 0 Å². The molecule has 0 atom stereocenters. The van der Waals surface area contributed by atoms with Gasteiger partial charge in [-0.3, -0.25) is 19.3 Å². The fraction of sp³-hybridized carbons (Fsp3) is 0.267. The molecular formula is C30H29N3O4. The van der Waals surface area contributed by atoms with E-state index in [0.717, 1.165) is 29.7 Å². The second-order valence-corrected chi connectivity index (χ2v) is 8.83. The molecule has 1 aliphatic rings. The normalized spacial score (nSPS) is 12.3. The van der Waals surface area contributed by atoms with Gasteiger partial charge in [0.25, 0.3) is 5.91 Å². The molecule has 0 saturated heterocycles. The number of benzene rings is 3. The third-order valence-corrected chi connectivity index (χ3v) is 6.36. The van der Waals surface area contributed by atoms with Gasteiger partial charge in [-0.15, -0.1) is 0 Å². The van der Waals surface area contributed by atoms with E-state index in [2.05, 4.69) is 6.07 Å². The largest absolute Gasteiger partial charge is 0.465 e. The summed E-state index contributed by atoms with van der Waals surface area (Å²) in [7, 11) is 0. The highest BCUT2D eigenvalue weighted by Crippen LogP contribution is 2.32. The molecule has 0 bridgehead atoms.